The molecule has 0 spiro atoms. The van der Waals surface area contributed by atoms with Crippen LogP contribution in [-0.4, -0.2) is 24.2 Å². The van der Waals surface area contributed by atoms with Gasteiger partial charge in [-0.05, 0) is 43.7 Å². The van der Waals surface area contributed by atoms with Gasteiger partial charge in [0, 0.05) is 6.42 Å². The molecule has 142 valence electrons. The van der Waals surface area contributed by atoms with Crippen molar-refractivity contribution in [3.63, 3.8) is 0 Å². The van der Waals surface area contributed by atoms with Gasteiger partial charge in [0.1, 0.15) is 5.75 Å². The molecule has 0 atom stereocenters. The molecule has 0 amide bonds. The third-order valence-corrected chi connectivity index (χ3v) is 4.92. The molecule has 26 heavy (non-hydrogen) atoms. The lowest BCUT2D eigenvalue weighted by Crippen LogP contribution is -2.24. The minimum absolute atomic E-state index is 0.0447. The van der Waals surface area contributed by atoms with Crippen LogP contribution in [0.5, 0.6) is 5.75 Å². The van der Waals surface area contributed by atoms with Gasteiger partial charge in [-0.1, -0.05) is 18.2 Å². The molecule has 2 aromatic rings. The summed E-state index contributed by atoms with van der Waals surface area (Å²) in [6.07, 6.45) is -4.61. The Labute approximate surface area is 149 Å². The molecule has 3 N–H and O–H groups in total. The molecule has 0 aliphatic rings. The fraction of sp³-hybridized carbons (Fsp3) is 0.294. The molecule has 0 aromatic heterocycles. The fourth-order valence-electron chi connectivity index (χ4n) is 2.37. The minimum atomic E-state index is -4.66. The fourth-order valence-corrected chi connectivity index (χ4v) is 3.69. The number of nitrogens with one attached hydrogen (secondary N) is 1. The second kappa shape index (κ2) is 6.81. The van der Waals surface area contributed by atoms with Crippen LogP contribution in [0.25, 0.3) is 0 Å². The monoisotopic (exact) mass is 389 g/mol. The Morgan fingerprint density at radius 1 is 1.08 bits per heavy atom. The molecule has 5 nitrogen and oxygen atoms in total. The summed E-state index contributed by atoms with van der Waals surface area (Å²) in [5.74, 6) is -0.844. The summed E-state index contributed by atoms with van der Waals surface area (Å²) in [7, 11) is -4.19. The van der Waals surface area contributed by atoms with Crippen molar-refractivity contribution in [3.8, 4) is 5.75 Å². The predicted molar refractivity (Wildman–Crippen MR) is 90.4 cm³/mol. The summed E-state index contributed by atoms with van der Waals surface area (Å²) in [5, 5.41) is 19.7. The zero-order chi connectivity index (χ0) is 19.8. The number of hydrogen-bond donors (Lipinski definition) is 3. The minimum Gasteiger partial charge on any atom is -0.506 e. The number of aliphatic hydroxyl groups is 1. The van der Waals surface area contributed by atoms with Crippen LogP contribution >= 0.6 is 0 Å². The number of rotatable bonds is 5. The average molecular weight is 389 g/mol. The smallest absolute Gasteiger partial charge is 0.416 e. The SMILES string of the molecule is CC(C)(O)Cc1ccccc1S(=O)(=O)Nc1ccc(C(F)(F)F)cc1O. The summed E-state index contributed by atoms with van der Waals surface area (Å²) in [6, 6.07) is 7.88. The van der Waals surface area contributed by atoms with Crippen molar-refractivity contribution >= 4 is 15.7 Å². The van der Waals surface area contributed by atoms with Gasteiger partial charge in [0.2, 0.25) is 0 Å². The summed E-state index contributed by atoms with van der Waals surface area (Å²) in [5.41, 5.74) is -2.31. The molecule has 0 aliphatic carbocycles. The second-order valence-corrected chi connectivity index (χ2v) is 8.08. The third kappa shape index (κ3) is 4.89. The second-order valence-electron chi connectivity index (χ2n) is 6.43. The van der Waals surface area contributed by atoms with E-state index in [1.807, 2.05) is 0 Å². The van der Waals surface area contributed by atoms with Gasteiger partial charge < -0.3 is 10.2 Å². The lowest BCUT2D eigenvalue weighted by atomic mass is 9.99. The topological polar surface area (TPSA) is 86.6 Å². The number of phenols is 1. The normalized spacial score (nSPS) is 12.8. The van der Waals surface area contributed by atoms with Crippen molar-refractivity contribution in [1.82, 2.24) is 0 Å². The highest BCUT2D eigenvalue weighted by molar-refractivity contribution is 7.92. The number of anilines is 1. The van der Waals surface area contributed by atoms with E-state index in [0.717, 1.165) is 6.07 Å². The van der Waals surface area contributed by atoms with Gasteiger partial charge in [-0.3, -0.25) is 4.72 Å². The van der Waals surface area contributed by atoms with Crippen molar-refractivity contribution in [1.29, 1.82) is 0 Å². The van der Waals surface area contributed by atoms with Crippen molar-refractivity contribution in [3.05, 3.63) is 53.6 Å². The molecule has 9 heteroatoms. The van der Waals surface area contributed by atoms with Gasteiger partial charge in [-0.15, -0.1) is 0 Å². The number of halogens is 3. The van der Waals surface area contributed by atoms with Gasteiger partial charge in [-0.25, -0.2) is 8.42 Å². The number of sulfonamides is 1. The maximum Gasteiger partial charge on any atom is 0.416 e. The predicted octanol–water partition coefficient (Wildman–Crippen LogP) is 3.53. The quantitative estimate of drug-likeness (QED) is 0.683. The number of hydrogen-bond acceptors (Lipinski definition) is 4. The number of benzene rings is 2. The first-order valence-electron chi connectivity index (χ1n) is 7.53. The molecule has 2 aromatic carbocycles. The lowest BCUT2D eigenvalue weighted by Gasteiger charge is -2.20. The Morgan fingerprint density at radius 2 is 1.69 bits per heavy atom. The Balaban J connectivity index is 2.39. The van der Waals surface area contributed by atoms with E-state index in [1.165, 1.54) is 32.0 Å². The Kier molecular flexibility index (Phi) is 5.25. The van der Waals surface area contributed by atoms with Crippen LogP contribution in [-0.2, 0) is 22.6 Å². The van der Waals surface area contributed by atoms with Crippen LogP contribution in [0.2, 0.25) is 0 Å². The summed E-state index contributed by atoms with van der Waals surface area (Å²) >= 11 is 0. The summed E-state index contributed by atoms with van der Waals surface area (Å²) < 4.78 is 65.2. The Bertz CT molecular complexity index is 903. The molecule has 0 aliphatic heterocycles. The Hall–Kier alpha value is -2.26. The zero-order valence-corrected chi connectivity index (χ0v) is 14.8. The molecule has 0 unspecified atom stereocenters. The van der Waals surface area contributed by atoms with Gasteiger partial charge in [0.25, 0.3) is 10.0 Å². The molecule has 0 heterocycles. The standard InChI is InChI=1S/C17H18F3NO4S/c1-16(2,23)10-11-5-3-4-6-15(11)26(24,25)21-13-8-7-12(9-14(13)22)17(18,19)20/h3-9,21-23H,10H2,1-2H3. The molecule has 0 fully saturated rings. The first-order chi connectivity index (χ1) is 11.8. The lowest BCUT2D eigenvalue weighted by molar-refractivity contribution is -0.137. The maximum absolute atomic E-state index is 12.6. The van der Waals surface area contributed by atoms with Crippen LogP contribution in [0.1, 0.15) is 25.0 Å². The van der Waals surface area contributed by atoms with E-state index in [0.29, 0.717) is 17.7 Å². The molecule has 0 bridgehead atoms. The van der Waals surface area contributed by atoms with Crippen LogP contribution in [0.4, 0.5) is 18.9 Å². The summed E-state index contributed by atoms with van der Waals surface area (Å²) in [4.78, 5) is -0.138. The van der Waals surface area contributed by atoms with E-state index in [2.05, 4.69) is 4.72 Å². The van der Waals surface area contributed by atoms with E-state index in [4.69, 9.17) is 0 Å². The zero-order valence-electron chi connectivity index (χ0n) is 14.0. The molecular formula is C17H18F3NO4S. The van der Waals surface area contributed by atoms with E-state index >= 15 is 0 Å². The van der Waals surface area contributed by atoms with Gasteiger partial charge >= 0.3 is 6.18 Å². The maximum atomic E-state index is 12.6. The Morgan fingerprint density at radius 3 is 2.23 bits per heavy atom. The summed E-state index contributed by atoms with van der Waals surface area (Å²) in [6.45, 7) is 3.04. The van der Waals surface area contributed by atoms with Crippen LogP contribution in [0.15, 0.2) is 47.4 Å². The number of alkyl halides is 3. The van der Waals surface area contributed by atoms with Crippen LogP contribution in [0, 0.1) is 0 Å². The van der Waals surface area contributed by atoms with E-state index in [9.17, 15) is 31.8 Å². The van der Waals surface area contributed by atoms with Crippen molar-refractivity contribution in [2.45, 2.75) is 36.9 Å². The molecular weight excluding hydrogens is 371 g/mol. The first-order valence-corrected chi connectivity index (χ1v) is 9.01. The third-order valence-electron chi connectivity index (χ3n) is 3.45. The van der Waals surface area contributed by atoms with Crippen LogP contribution in [0.3, 0.4) is 0 Å². The van der Waals surface area contributed by atoms with Gasteiger partial charge in [0.15, 0.2) is 0 Å². The number of aromatic hydroxyl groups is 1. The molecule has 0 saturated carbocycles. The largest absolute Gasteiger partial charge is 0.506 e. The van der Waals surface area contributed by atoms with Crippen molar-refractivity contribution < 1.29 is 31.8 Å². The number of phenolic OH excluding ortho intramolecular Hbond substituents is 1. The van der Waals surface area contributed by atoms with Gasteiger partial charge in [-0.2, -0.15) is 13.2 Å². The molecule has 0 radical (unpaired) electrons. The van der Waals surface area contributed by atoms with Crippen molar-refractivity contribution in [2.24, 2.45) is 0 Å². The molecule has 2 rings (SSSR count). The average Bonchev–Trinajstić information content (AvgIpc) is 2.47. The molecule has 0 saturated heterocycles. The van der Waals surface area contributed by atoms with Crippen molar-refractivity contribution in [2.75, 3.05) is 4.72 Å². The highest BCUT2D eigenvalue weighted by atomic mass is 32.2. The highest BCUT2D eigenvalue weighted by Gasteiger charge is 2.31. The first kappa shape index (κ1) is 20.1. The van der Waals surface area contributed by atoms with Gasteiger partial charge in [0.05, 0.1) is 21.7 Å². The van der Waals surface area contributed by atoms with Crippen LogP contribution < -0.4 is 4.72 Å². The highest BCUT2D eigenvalue weighted by Crippen LogP contribution is 2.35. The van der Waals surface area contributed by atoms with E-state index < -0.39 is 33.1 Å². The van der Waals surface area contributed by atoms with E-state index in [-0.39, 0.29) is 17.0 Å². The van der Waals surface area contributed by atoms with E-state index in [1.54, 1.807) is 6.07 Å².